The fourth-order valence-electron chi connectivity index (χ4n) is 0.901. The molecule has 0 bridgehead atoms. The number of hydrogen-bond donors (Lipinski definition) is 1. The first-order chi connectivity index (χ1) is 4.68. The second kappa shape index (κ2) is 2.98. The molecule has 0 radical (unpaired) electrons. The van der Waals surface area contributed by atoms with E-state index in [9.17, 15) is 4.79 Å². The van der Waals surface area contributed by atoms with Gasteiger partial charge in [-0.1, -0.05) is 0 Å². The van der Waals surface area contributed by atoms with E-state index in [0.717, 1.165) is 0 Å². The Bertz CT molecular complexity index is 136. The van der Waals surface area contributed by atoms with Crippen LogP contribution in [0.2, 0.25) is 0 Å². The summed E-state index contributed by atoms with van der Waals surface area (Å²) in [6.45, 7) is 3.19. The zero-order chi connectivity index (χ0) is 7.56. The largest absolute Gasteiger partial charge is 0.368 e. The van der Waals surface area contributed by atoms with E-state index in [2.05, 4.69) is 0 Å². The van der Waals surface area contributed by atoms with Crippen LogP contribution < -0.4 is 5.73 Å². The summed E-state index contributed by atoms with van der Waals surface area (Å²) >= 11 is 0. The van der Waals surface area contributed by atoms with Crippen molar-refractivity contribution >= 4 is 5.97 Å². The standard InChI is InChI=1S/C6H12N2O2/c1-5(7)4-8-3-2-6(9)10-8/h5H,2-4,7H2,1H3. The van der Waals surface area contributed by atoms with Crippen molar-refractivity contribution < 1.29 is 9.63 Å². The monoisotopic (exact) mass is 144 g/mol. The smallest absolute Gasteiger partial charge is 0.326 e. The highest BCUT2D eigenvalue weighted by atomic mass is 16.7. The number of rotatable bonds is 2. The van der Waals surface area contributed by atoms with Crippen molar-refractivity contribution in [3.05, 3.63) is 0 Å². The predicted molar refractivity (Wildman–Crippen MR) is 35.9 cm³/mol. The third-order valence-corrected chi connectivity index (χ3v) is 1.29. The first-order valence-electron chi connectivity index (χ1n) is 3.40. The van der Waals surface area contributed by atoms with Gasteiger partial charge in [0, 0.05) is 19.1 Å². The summed E-state index contributed by atoms with van der Waals surface area (Å²) in [5.74, 6) is -0.152. The van der Waals surface area contributed by atoms with E-state index in [1.54, 1.807) is 5.06 Å². The highest BCUT2D eigenvalue weighted by Crippen LogP contribution is 2.05. The molecule has 4 nitrogen and oxygen atoms in total. The Morgan fingerprint density at radius 1 is 1.90 bits per heavy atom. The van der Waals surface area contributed by atoms with Gasteiger partial charge in [0.15, 0.2) is 0 Å². The van der Waals surface area contributed by atoms with Crippen LogP contribution in [-0.2, 0) is 9.63 Å². The molecule has 1 heterocycles. The molecule has 1 rings (SSSR count). The number of nitrogens with two attached hydrogens (primary N) is 1. The van der Waals surface area contributed by atoms with Crippen LogP contribution in [0.25, 0.3) is 0 Å². The lowest BCUT2D eigenvalue weighted by Gasteiger charge is -2.14. The van der Waals surface area contributed by atoms with Crippen molar-refractivity contribution in [2.24, 2.45) is 5.73 Å². The SMILES string of the molecule is CC(N)CN1CCC(=O)O1. The second-order valence-electron chi connectivity index (χ2n) is 2.58. The third kappa shape index (κ3) is 1.97. The average Bonchev–Trinajstić information content (AvgIpc) is 2.13. The number of hydrogen-bond acceptors (Lipinski definition) is 4. The van der Waals surface area contributed by atoms with Crippen LogP contribution in [0.1, 0.15) is 13.3 Å². The van der Waals surface area contributed by atoms with Crippen molar-refractivity contribution in [2.75, 3.05) is 13.1 Å². The fourth-order valence-corrected chi connectivity index (χ4v) is 0.901. The van der Waals surface area contributed by atoms with Crippen molar-refractivity contribution in [3.8, 4) is 0 Å². The van der Waals surface area contributed by atoms with Gasteiger partial charge in [0.25, 0.3) is 0 Å². The molecular weight excluding hydrogens is 132 g/mol. The molecule has 0 aromatic carbocycles. The van der Waals surface area contributed by atoms with Gasteiger partial charge in [0.1, 0.15) is 0 Å². The van der Waals surface area contributed by atoms with Gasteiger partial charge in [-0.05, 0) is 6.92 Å². The van der Waals surface area contributed by atoms with Gasteiger partial charge in [-0.15, -0.1) is 5.06 Å². The van der Waals surface area contributed by atoms with E-state index in [4.69, 9.17) is 10.6 Å². The quantitative estimate of drug-likeness (QED) is 0.567. The van der Waals surface area contributed by atoms with Gasteiger partial charge in [0.05, 0.1) is 6.42 Å². The van der Waals surface area contributed by atoms with E-state index >= 15 is 0 Å². The van der Waals surface area contributed by atoms with Crippen LogP contribution in [-0.4, -0.2) is 30.2 Å². The molecule has 1 unspecified atom stereocenters. The molecule has 1 fully saturated rings. The van der Waals surface area contributed by atoms with Gasteiger partial charge in [-0.2, -0.15) is 0 Å². The maximum atomic E-state index is 10.5. The van der Waals surface area contributed by atoms with Crippen LogP contribution in [0.5, 0.6) is 0 Å². The Morgan fingerprint density at radius 2 is 2.60 bits per heavy atom. The van der Waals surface area contributed by atoms with Crippen molar-refractivity contribution in [2.45, 2.75) is 19.4 Å². The fraction of sp³-hybridized carbons (Fsp3) is 0.833. The molecule has 4 heteroatoms. The van der Waals surface area contributed by atoms with Gasteiger partial charge in [-0.3, -0.25) is 4.79 Å². The van der Waals surface area contributed by atoms with Crippen LogP contribution >= 0.6 is 0 Å². The Labute approximate surface area is 59.9 Å². The lowest BCUT2D eigenvalue weighted by molar-refractivity contribution is -0.170. The van der Waals surface area contributed by atoms with Gasteiger partial charge in [-0.25, -0.2) is 0 Å². The minimum Gasteiger partial charge on any atom is -0.368 e. The number of carbonyl (C=O) groups is 1. The molecule has 0 amide bonds. The number of hydroxylamine groups is 2. The summed E-state index contributed by atoms with van der Waals surface area (Å²) in [4.78, 5) is 15.3. The molecule has 0 aromatic rings. The summed E-state index contributed by atoms with van der Waals surface area (Å²) in [6, 6.07) is 0.0610. The summed E-state index contributed by atoms with van der Waals surface area (Å²) in [5, 5.41) is 1.60. The van der Waals surface area contributed by atoms with E-state index in [1.807, 2.05) is 6.92 Å². The maximum absolute atomic E-state index is 10.5. The Hall–Kier alpha value is -0.610. The molecule has 0 spiro atoms. The summed E-state index contributed by atoms with van der Waals surface area (Å²) in [5.41, 5.74) is 5.48. The average molecular weight is 144 g/mol. The van der Waals surface area contributed by atoms with E-state index in [1.165, 1.54) is 0 Å². The number of nitrogens with zero attached hydrogens (tertiary/aromatic N) is 1. The predicted octanol–water partition coefficient (Wildman–Crippen LogP) is -0.502. The molecule has 1 aliphatic heterocycles. The molecule has 1 atom stereocenters. The molecular formula is C6H12N2O2. The Kier molecular flexibility index (Phi) is 2.24. The first kappa shape index (κ1) is 7.50. The van der Waals surface area contributed by atoms with E-state index in [-0.39, 0.29) is 12.0 Å². The minimum absolute atomic E-state index is 0.0610. The minimum atomic E-state index is -0.152. The molecule has 10 heavy (non-hydrogen) atoms. The van der Waals surface area contributed by atoms with Crippen LogP contribution in [0.3, 0.4) is 0 Å². The first-order valence-corrected chi connectivity index (χ1v) is 3.40. The summed E-state index contributed by atoms with van der Waals surface area (Å²) < 4.78 is 0. The molecule has 58 valence electrons. The molecule has 1 saturated heterocycles. The highest BCUT2D eigenvalue weighted by Gasteiger charge is 2.21. The highest BCUT2D eigenvalue weighted by molar-refractivity contribution is 5.70. The van der Waals surface area contributed by atoms with E-state index in [0.29, 0.717) is 19.5 Å². The maximum Gasteiger partial charge on any atom is 0.326 e. The summed E-state index contributed by atoms with van der Waals surface area (Å²) in [7, 11) is 0. The molecule has 2 N–H and O–H groups in total. The summed E-state index contributed by atoms with van der Waals surface area (Å²) in [6.07, 6.45) is 0.493. The normalized spacial score (nSPS) is 22.8. The van der Waals surface area contributed by atoms with Crippen molar-refractivity contribution in [1.82, 2.24) is 5.06 Å². The molecule has 0 aliphatic carbocycles. The molecule has 1 aliphatic rings. The van der Waals surface area contributed by atoms with Gasteiger partial charge >= 0.3 is 5.97 Å². The lowest BCUT2D eigenvalue weighted by atomic mass is 10.3. The van der Waals surface area contributed by atoms with Crippen LogP contribution in [0.4, 0.5) is 0 Å². The van der Waals surface area contributed by atoms with E-state index < -0.39 is 0 Å². The van der Waals surface area contributed by atoms with Gasteiger partial charge in [0.2, 0.25) is 0 Å². The van der Waals surface area contributed by atoms with Crippen molar-refractivity contribution in [3.63, 3.8) is 0 Å². The van der Waals surface area contributed by atoms with Crippen molar-refractivity contribution in [1.29, 1.82) is 0 Å². The molecule has 0 aromatic heterocycles. The Morgan fingerprint density at radius 3 is 3.00 bits per heavy atom. The van der Waals surface area contributed by atoms with Gasteiger partial charge < -0.3 is 10.6 Å². The number of carbonyl (C=O) groups excluding carboxylic acids is 1. The molecule has 0 saturated carbocycles. The zero-order valence-electron chi connectivity index (χ0n) is 6.04. The second-order valence-corrected chi connectivity index (χ2v) is 2.58. The zero-order valence-corrected chi connectivity index (χ0v) is 6.04. The Balaban J connectivity index is 2.24. The topological polar surface area (TPSA) is 55.6 Å². The third-order valence-electron chi connectivity index (χ3n) is 1.29. The lowest BCUT2D eigenvalue weighted by Crippen LogP contribution is -2.32. The van der Waals surface area contributed by atoms with Crippen LogP contribution in [0.15, 0.2) is 0 Å². The van der Waals surface area contributed by atoms with Crippen LogP contribution in [0, 0.1) is 0 Å².